The molecule has 5 heteroatoms. The van der Waals surface area contributed by atoms with Crippen molar-refractivity contribution in [1.82, 2.24) is 0 Å². The Morgan fingerprint density at radius 3 is 2.48 bits per heavy atom. The Morgan fingerprint density at radius 2 is 1.78 bits per heavy atom. The first-order valence-corrected chi connectivity index (χ1v) is 8.28. The molecule has 0 atom stereocenters. The maximum Gasteiger partial charge on any atom is 0.338 e. The zero-order valence-corrected chi connectivity index (χ0v) is 14.2. The monoisotopic (exact) mass is 329 g/mol. The van der Waals surface area contributed by atoms with Gasteiger partial charge < -0.3 is 10.1 Å². The Bertz CT molecular complexity index is 728. The molecule has 0 heterocycles. The fraction of sp³-hybridized carbons (Fsp3) is 0.222. The number of hydrogen-bond acceptors (Lipinski definition) is 4. The zero-order valence-electron chi connectivity index (χ0n) is 13.4. The minimum atomic E-state index is -0.416. The Labute approximate surface area is 140 Å². The van der Waals surface area contributed by atoms with Gasteiger partial charge in [0.05, 0.1) is 18.2 Å². The number of carbonyl (C=O) groups is 2. The summed E-state index contributed by atoms with van der Waals surface area (Å²) in [5.41, 5.74) is 2.37. The van der Waals surface area contributed by atoms with Crippen molar-refractivity contribution in [3.63, 3.8) is 0 Å². The van der Waals surface area contributed by atoms with Crippen LogP contribution >= 0.6 is 11.8 Å². The Morgan fingerprint density at radius 1 is 1.09 bits per heavy atom. The van der Waals surface area contributed by atoms with Gasteiger partial charge in [0, 0.05) is 10.6 Å². The van der Waals surface area contributed by atoms with E-state index >= 15 is 0 Å². The third kappa shape index (κ3) is 3.93. The Hall–Kier alpha value is -2.27. The summed E-state index contributed by atoms with van der Waals surface area (Å²) in [5, 5.41) is 2.88. The maximum atomic E-state index is 12.6. The first-order valence-electron chi connectivity index (χ1n) is 7.29. The van der Waals surface area contributed by atoms with Crippen LogP contribution in [-0.2, 0) is 4.74 Å². The standard InChI is InChI=1S/C18H19NO3S/c1-4-23-16-11-6-5-8-14(16)17(20)19-15-10-7-9-13(12(15)2)18(21)22-3/h5-11H,4H2,1-3H3,(H,19,20). The van der Waals surface area contributed by atoms with Crippen LogP contribution in [0.4, 0.5) is 5.69 Å². The molecule has 0 saturated heterocycles. The molecule has 0 aliphatic rings. The largest absolute Gasteiger partial charge is 0.465 e. The molecule has 0 spiro atoms. The topological polar surface area (TPSA) is 55.4 Å². The summed E-state index contributed by atoms with van der Waals surface area (Å²) >= 11 is 1.62. The second-order valence-electron chi connectivity index (χ2n) is 4.85. The average molecular weight is 329 g/mol. The van der Waals surface area contributed by atoms with Crippen LogP contribution in [0.15, 0.2) is 47.4 Å². The van der Waals surface area contributed by atoms with Crippen molar-refractivity contribution in [2.75, 3.05) is 18.2 Å². The van der Waals surface area contributed by atoms with E-state index in [0.29, 0.717) is 22.4 Å². The summed E-state index contributed by atoms with van der Waals surface area (Å²) < 4.78 is 4.76. The van der Waals surface area contributed by atoms with Crippen molar-refractivity contribution in [2.24, 2.45) is 0 Å². The van der Waals surface area contributed by atoms with E-state index in [2.05, 4.69) is 5.32 Å². The number of carbonyl (C=O) groups excluding carboxylic acids is 2. The molecule has 0 unspecified atom stereocenters. The summed E-state index contributed by atoms with van der Waals surface area (Å²) in [5.74, 6) is 0.286. The number of benzene rings is 2. The Kier molecular flexibility index (Phi) is 5.82. The number of methoxy groups -OCH3 is 1. The van der Waals surface area contributed by atoms with E-state index in [9.17, 15) is 9.59 Å². The first kappa shape index (κ1) is 17.1. The van der Waals surface area contributed by atoms with Crippen LogP contribution in [0, 0.1) is 6.92 Å². The van der Waals surface area contributed by atoms with Crippen LogP contribution in [0.1, 0.15) is 33.2 Å². The van der Waals surface area contributed by atoms with Gasteiger partial charge in [-0.15, -0.1) is 11.8 Å². The highest BCUT2D eigenvalue weighted by molar-refractivity contribution is 7.99. The molecule has 0 aliphatic heterocycles. The lowest BCUT2D eigenvalue weighted by molar-refractivity contribution is 0.0599. The number of ether oxygens (including phenoxy) is 1. The summed E-state index contributed by atoms with van der Waals surface area (Å²) in [7, 11) is 1.34. The van der Waals surface area contributed by atoms with Crippen LogP contribution in [0.25, 0.3) is 0 Å². The second kappa shape index (κ2) is 7.83. The molecule has 23 heavy (non-hydrogen) atoms. The van der Waals surface area contributed by atoms with E-state index in [1.54, 1.807) is 43.0 Å². The molecule has 0 saturated carbocycles. The van der Waals surface area contributed by atoms with Crippen LogP contribution in [0.5, 0.6) is 0 Å². The van der Waals surface area contributed by atoms with Gasteiger partial charge in [-0.2, -0.15) is 0 Å². The van der Waals surface area contributed by atoms with Crippen molar-refractivity contribution in [3.05, 3.63) is 59.2 Å². The molecule has 0 radical (unpaired) electrons. The highest BCUT2D eigenvalue weighted by atomic mass is 32.2. The van der Waals surface area contributed by atoms with Crippen LogP contribution in [0.2, 0.25) is 0 Å². The summed E-state index contributed by atoms with van der Waals surface area (Å²) in [6.07, 6.45) is 0. The molecule has 2 rings (SSSR count). The third-order valence-corrected chi connectivity index (χ3v) is 4.37. The average Bonchev–Trinajstić information content (AvgIpc) is 2.57. The van der Waals surface area contributed by atoms with E-state index in [1.807, 2.05) is 25.1 Å². The number of rotatable bonds is 5. The zero-order chi connectivity index (χ0) is 16.8. The van der Waals surface area contributed by atoms with E-state index in [1.165, 1.54) is 7.11 Å². The van der Waals surface area contributed by atoms with Gasteiger partial charge in [-0.3, -0.25) is 4.79 Å². The molecule has 1 amide bonds. The van der Waals surface area contributed by atoms with Gasteiger partial charge in [-0.25, -0.2) is 4.79 Å². The minimum absolute atomic E-state index is 0.188. The van der Waals surface area contributed by atoms with Crippen molar-refractivity contribution in [2.45, 2.75) is 18.7 Å². The summed E-state index contributed by atoms with van der Waals surface area (Å²) in [6, 6.07) is 12.7. The lowest BCUT2D eigenvalue weighted by Crippen LogP contribution is -2.15. The van der Waals surface area contributed by atoms with Crippen molar-refractivity contribution in [3.8, 4) is 0 Å². The van der Waals surface area contributed by atoms with Gasteiger partial charge >= 0.3 is 5.97 Å². The SMILES string of the molecule is CCSc1ccccc1C(=O)Nc1cccc(C(=O)OC)c1C. The molecular weight excluding hydrogens is 310 g/mol. The number of thioether (sulfide) groups is 1. The summed E-state index contributed by atoms with van der Waals surface area (Å²) in [4.78, 5) is 25.3. The lowest BCUT2D eigenvalue weighted by Gasteiger charge is -2.13. The van der Waals surface area contributed by atoms with Crippen molar-refractivity contribution >= 4 is 29.3 Å². The highest BCUT2D eigenvalue weighted by Crippen LogP contribution is 2.25. The summed E-state index contributed by atoms with van der Waals surface area (Å²) in [6.45, 7) is 3.83. The predicted molar refractivity (Wildman–Crippen MR) is 93.3 cm³/mol. The molecule has 0 aliphatic carbocycles. The molecule has 120 valence electrons. The van der Waals surface area contributed by atoms with E-state index in [-0.39, 0.29) is 5.91 Å². The molecule has 0 fully saturated rings. The quantitative estimate of drug-likeness (QED) is 0.661. The van der Waals surface area contributed by atoms with Gasteiger partial charge in [0.25, 0.3) is 5.91 Å². The van der Waals surface area contributed by atoms with Gasteiger partial charge in [0.1, 0.15) is 0 Å². The van der Waals surface area contributed by atoms with Crippen LogP contribution < -0.4 is 5.32 Å². The highest BCUT2D eigenvalue weighted by Gasteiger charge is 2.15. The van der Waals surface area contributed by atoms with Crippen molar-refractivity contribution < 1.29 is 14.3 Å². The predicted octanol–water partition coefficient (Wildman–Crippen LogP) is 4.15. The van der Waals surface area contributed by atoms with Gasteiger partial charge in [-0.1, -0.05) is 25.1 Å². The third-order valence-electron chi connectivity index (χ3n) is 3.42. The molecule has 2 aromatic carbocycles. The molecule has 0 bridgehead atoms. The molecule has 1 N–H and O–H groups in total. The van der Waals surface area contributed by atoms with Gasteiger partial charge in [-0.05, 0) is 42.5 Å². The molecule has 0 aromatic heterocycles. The second-order valence-corrected chi connectivity index (χ2v) is 6.16. The first-order chi connectivity index (χ1) is 11.1. The van der Waals surface area contributed by atoms with Gasteiger partial charge in [0.2, 0.25) is 0 Å². The number of nitrogens with one attached hydrogen (secondary N) is 1. The van der Waals surface area contributed by atoms with Gasteiger partial charge in [0.15, 0.2) is 0 Å². The number of amides is 1. The minimum Gasteiger partial charge on any atom is -0.465 e. The van der Waals surface area contributed by atoms with E-state index < -0.39 is 5.97 Å². The van der Waals surface area contributed by atoms with E-state index in [0.717, 1.165) is 10.6 Å². The molecular formula is C18H19NO3S. The van der Waals surface area contributed by atoms with Crippen LogP contribution in [0.3, 0.4) is 0 Å². The normalized spacial score (nSPS) is 10.2. The van der Waals surface area contributed by atoms with Crippen LogP contribution in [-0.4, -0.2) is 24.7 Å². The maximum absolute atomic E-state index is 12.6. The fourth-order valence-corrected chi connectivity index (χ4v) is 3.03. The smallest absolute Gasteiger partial charge is 0.338 e. The molecule has 2 aromatic rings. The molecule has 4 nitrogen and oxygen atoms in total. The number of hydrogen-bond donors (Lipinski definition) is 1. The Balaban J connectivity index is 2.29. The van der Waals surface area contributed by atoms with Crippen molar-refractivity contribution in [1.29, 1.82) is 0 Å². The number of anilines is 1. The van der Waals surface area contributed by atoms with E-state index in [4.69, 9.17) is 4.74 Å². The fourth-order valence-electron chi connectivity index (χ4n) is 2.23. The number of esters is 1. The lowest BCUT2D eigenvalue weighted by atomic mass is 10.1.